The van der Waals surface area contributed by atoms with Gasteiger partial charge in [-0.2, -0.15) is 0 Å². The summed E-state index contributed by atoms with van der Waals surface area (Å²) in [6.45, 7) is 0. The number of aromatic nitrogens is 2. The van der Waals surface area contributed by atoms with Gasteiger partial charge in [0.2, 0.25) is 5.95 Å². The lowest BCUT2D eigenvalue weighted by molar-refractivity contribution is 0.0699. The lowest BCUT2D eigenvalue weighted by atomic mass is 9.93. The van der Waals surface area contributed by atoms with Crippen molar-refractivity contribution >= 4 is 34.7 Å². The second-order valence-electron chi connectivity index (χ2n) is 7.92. The van der Waals surface area contributed by atoms with Gasteiger partial charge < -0.3 is 15.2 Å². The van der Waals surface area contributed by atoms with Crippen LogP contribution >= 0.6 is 0 Å². The number of halogens is 2. The van der Waals surface area contributed by atoms with Crippen LogP contribution in [0.5, 0.6) is 0 Å². The number of carbonyl (C=O) groups is 2. The average molecular weight is 474 g/mol. The number of rotatable bonds is 3. The Hall–Kier alpha value is -4.75. The standard InChI is InChI=1S/C25H16F2N4O4/c1-3-13-10-21(18(27)12-17(13)26)31-22(32)15-6-4-5-7-16(15)25(31,35)14-8-9-19-20(11-14)29-23(28-19)30(2)24(33)34/h1,4-12,35H,2H3,(H,28,29)(H,33,34). The molecule has 1 aliphatic rings. The van der Waals surface area contributed by atoms with Gasteiger partial charge in [-0.3, -0.25) is 14.6 Å². The van der Waals surface area contributed by atoms with Crippen LogP contribution in [0.4, 0.5) is 25.2 Å². The number of terminal acetylenes is 1. The molecule has 3 aromatic carbocycles. The highest BCUT2D eigenvalue weighted by atomic mass is 19.1. The minimum atomic E-state index is -2.20. The summed E-state index contributed by atoms with van der Waals surface area (Å²) >= 11 is 0. The van der Waals surface area contributed by atoms with E-state index in [1.807, 2.05) is 0 Å². The van der Waals surface area contributed by atoms with Gasteiger partial charge in [-0.25, -0.2) is 18.6 Å². The smallest absolute Gasteiger partial charge is 0.413 e. The highest BCUT2D eigenvalue weighted by molar-refractivity contribution is 6.12. The number of amides is 2. The van der Waals surface area contributed by atoms with Crippen molar-refractivity contribution in [1.29, 1.82) is 0 Å². The third-order valence-electron chi connectivity index (χ3n) is 5.97. The largest absolute Gasteiger partial charge is 0.465 e. The van der Waals surface area contributed by atoms with Gasteiger partial charge in [0.1, 0.15) is 11.6 Å². The van der Waals surface area contributed by atoms with Crippen molar-refractivity contribution in [3.8, 4) is 12.3 Å². The molecule has 3 N–H and O–H groups in total. The zero-order valence-corrected chi connectivity index (χ0v) is 18.1. The Morgan fingerprint density at radius 2 is 1.91 bits per heavy atom. The number of hydrogen-bond acceptors (Lipinski definition) is 4. The minimum Gasteiger partial charge on any atom is -0.465 e. The fourth-order valence-electron chi connectivity index (χ4n) is 4.21. The highest BCUT2D eigenvalue weighted by Crippen LogP contribution is 2.46. The third-order valence-corrected chi connectivity index (χ3v) is 5.97. The Balaban J connectivity index is 1.75. The molecule has 5 rings (SSSR count). The monoisotopic (exact) mass is 474 g/mol. The first kappa shape index (κ1) is 22.1. The molecule has 0 saturated carbocycles. The van der Waals surface area contributed by atoms with E-state index >= 15 is 4.39 Å². The van der Waals surface area contributed by atoms with E-state index in [1.165, 1.54) is 37.4 Å². The van der Waals surface area contributed by atoms with Crippen molar-refractivity contribution in [2.75, 3.05) is 16.8 Å². The van der Waals surface area contributed by atoms with E-state index in [4.69, 9.17) is 6.42 Å². The molecular weight excluding hydrogens is 458 g/mol. The number of hydrogen-bond donors (Lipinski definition) is 3. The van der Waals surface area contributed by atoms with E-state index in [9.17, 15) is 24.2 Å². The molecule has 1 unspecified atom stereocenters. The fourth-order valence-corrected chi connectivity index (χ4v) is 4.21. The summed E-state index contributed by atoms with van der Waals surface area (Å²) in [6, 6.07) is 12.3. The predicted molar refractivity (Wildman–Crippen MR) is 123 cm³/mol. The lowest BCUT2D eigenvalue weighted by Gasteiger charge is -2.35. The molecule has 8 nitrogen and oxygen atoms in total. The molecule has 0 aliphatic carbocycles. The van der Waals surface area contributed by atoms with E-state index in [0.29, 0.717) is 17.1 Å². The van der Waals surface area contributed by atoms with Crippen molar-refractivity contribution < 1.29 is 28.6 Å². The molecular formula is C25H16F2N4O4. The van der Waals surface area contributed by atoms with Gasteiger partial charge in [-0.1, -0.05) is 30.2 Å². The third kappa shape index (κ3) is 3.13. The van der Waals surface area contributed by atoms with Crippen LogP contribution in [-0.2, 0) is 5.72 Å². The van der Waals surface area contributed by atoms with E-state index in [2.05, 4.69) is 15.9 Å². The lowest BCUT2D eigenvalue weighted by Crippen LogP contribution is -2.45. The molecule has 174 valence electrons. The number of nitrogens with one attached hydrogen (secondary N) is 1. The average Bonchev–Trinajstić information content (AvgIpc) is 3.36. The van der Waals surface area contributed by atoms with Gasteiger partial charge in [-0.15, -0.1) is 6.42 Å². The van der Waals surface area contributed by atoms with E-state index in [0.717, 1.165) is 15.9 Å². The molecule has 1 atom stereocenters. The molecule has 0 bridgehead atoms. The molecule has 1 aromatic heterocycles. The maximum atomic E-state index is 15.0. The topological polar surface area (TPSA) is 110 Å². The molecule has 0 radical (unpaired) electrons. The van der Waals surface area contributed by atoms with Gasteiger partial charge in [0, 0.05) is 29.8 Å². The minimum absolute atomic E-state index is 0.0413. The van der Waals surface area contributed by atoms with E-state index < -0.39 is 35.0 Å². The number of anilines is 2. The van der Waals surface area contributed by atoms with Crippen LogP contribution in [0.25, 0.3) is 11.0 Å². The number of benzene rings is 3. The Labute approximate surface area is 197 Å². The van der Waals surface area contributed by atoms with Gasteiger partial charge in [-0.05, 0) is 24.3 Å². The van der Waals surface area contributed by atoms with Gasteiger partial charge in [0.15, 0.2) is 5.72 Å². The van der Waals surface area contributed by atoms with Crippen molar-refractivity contribution in [3.63, 3.8) is 0 Å². The summed E-state index contributed by atoms with van der Waals surface area (Å²) < 4.78 is 29.1. The molecule has 0 fully saturated rings. The van der Waals surface area contributed by atoms with Crippen LogP contribution in [0.1, 0.15) is 27.0 Å². The van der Waals surface area contributed by atoms with Crippen molar-refractivity contribution in [1.82, 2.24) is 9.97 Å². The van der Waals surface area contributed by atoms with Crippen LogP contribution in [0.15, 0.2) is 54.6 Å². The summed E-state index contributed by atoms with van der Waals surface area (Å²) in [5, 5.41) is 21.3. The number of fused-ring (bicyclic) bond motifs is 2. The number of nitrogens with zero attached hydrogens (tertiary/aromatic N) is 3. The van der Waals surface area contributed by atoms with Crippen LogP contribution in [0.2, 0.25) is 0 Å². The molecule has 0 saturated heterocycles. The first-order valence-corrected chi connectivity index (χ1v) is 10.3. The first-order chi connectivity index (χ1) is 16.7. The summed E-state index contributed by atoms with van der Waals surface area (Å²) in [5.41, 5.74) is -1.67. The van der Waals surface area contributed by atoms with Crippen LogP contribution in [0, 0.1) is 24.0 Å². The van der Waals surface area contributed by atoms with Crippen molar-refractivity contribution in [2.45, 2.75) is 5.72 Å². The second-order valence-corrected chi connectivity index (χ2v) is 7.92. The zero-order chi connectivity index (χ0) is 25.1. The normalized spacial score (nSPS) is 16.9. The molecule has 2 heterocycles. The van der Waals surface area contributed by atoms with E-state index in [1.54, 1.807) is 12.1 Å². The van der Waals surface area contributed by atoms with Crippen molar-refractivity contribution in [3.05, 3.63) is 88.5 Å². The van der Waals surface area contributed by atoms with Gasteiger partial charge in [0.25, 0.3) is 5.91 Å². The first-order valence-electron chi connectivity index (χ1n) is 10.3. The summed E-state index contributed by atoms with van der Waals surface area (Å²) in [5.74, 6) is -0.630. The van der Waals surface area contributed by atoms with Crippen LogP contribution in [0.3, 0.4) is 0 Å². The number of H-pyrrole nitrogens is 1. The number of carbonyl (C=O) groups excluding carboxylic acids is 1. The molecule has 0 spiro atoms. The summed E-state index contributed by atoms with van der Waals surface area (Å²) in [6.07, 6.45) is 4.11. The highest BCUT2D eigenvalue weighted by Gasteiger charge is 2.51. The Bertz CT molecular complexity index is 1590. The summed E-state index contributed by atoms with van der Waals surface area (Å²) in [7, 11) is 1.31. The van der Waals surface area contributed by atoms with Gasteiger partial charge in [0.05, 0.1) is 22.3 Å². The SMILES string of the molecule is C#Cc1cc(N2C(=O)c3ccccc3C2(O)c2ccc3nc(N(C)C(=O)O)[nH]c3c2)c(F)cc1F. The second kappa shape index (κ2) is 7.65. The Kier molecular flexibility index (Phi) is 4.82. The van der Waals surface area contributed by atoms with Crippen molar-refractivity contribution in [2.24, 2.45) is 0 Å². The summed E-state index contributed by atoms with van der Waals surface area (Å²) in [4.78, 5) is 33.5. The Morgan fingerprint density at radius 3 is 2.63 bits per heavy atom. The molecule has 2 amide bonds. The predicted octanol–water partition coefficient (Wildman–Crippen LogP) is 3.79. The number of aliphatic hydroxyl groups is 1. The maximum Gasteiger partial charge on any atom is 0.413 e. The quantitative estimate of drug-likeness (QED) is 0.392. The fraction of sp³-hybridized carbons (Fsp3) is 0.0800. The molecule has 4 aromatic rings. The maximum absolute atomic E-state index is 15.0. The van der Waals surface area contributed by atoms with Gasteiger partial charge >= 0.3 is 6.09 Å². The molecule has 10 heteroatoms. The Morgan fingerprint density at radius 1 is 1.17 bits per heavy atom. The zero-order valence-electron chi connectivity index (χ0n) is 18.1. The van der Waals surface area contributed by atoms with E-state index in [-0.39, 0.29) is 28.2 Å². The number of aromatic amines is 1. The molecule has 1 aliphatic heterocycles. The molecule has 35 heavy (non-hydrogen) atoms. The van der Waals surface area contributed by atoms with Crippen LogP contribution < -0.4 is 9.80 Å². The van der Waals surface area contributed by atoms with Crippen LogP contribution in [-0.4, -0.2) is 39.2 Å². The number of imidazole rings is 1. The number of carboxylic acid groups (broad SMARTS) is 1.